The van der Waals surface area contributed by atoms with E-state index in [2.05, 4.69) is 5.32 Å². The number of halogens is 6. The van der Waals surface area contributed by atoms with Crippen LogP contribution in [-0.2, 0) is 39.6 Å². The molecule has 11 heteroatoms. The van der Waals surface area contributed by atoms with Crippen LogP contribution in [0.1, 0.15) is 52.8 Å². The van der Waals surface area contributed by atoms with Crippen molar-refractivity contribution in [3.8, 4) is 0 Å². The predicted molar refractivity (Wildman–Crippen MR) is 113 cm³/mol. The van der Waals surface area contributed by atoms with Gasteiger partial charge >= 0.3 is 24.4 Å². The minimum atomic E-state index is -4.99. The van der Waals surface area contributed by atoms with Gasteiger partial charge in [-0.1, -0.05) is 18.2 Å². The first-order chi connectivity index (χ1) is 16.4. The van der Waals surface area contributed by atoms with Gasteiger partial charge < -0.3 is 14.8 Å². The lowest BCUT2D eigenvalue weighted by Crippen LogP contribution is -2.27. The van der Waals surface area contributed by atoms with Crippen LogP contribution in [0.4, 0.5) is 31.1 Å². The predicted octanol–water partition coefficient (Wildman–Crippen LogP) is 6.21. The SMILES string of the molecule is CCOC(=O)/C=C/c1ccc2c(c1)CCC2NC(=O)OCc1cc(C(F)(F)F)cc(C(F)(F)F)c1. The van der Waals surface area contributed by atoms with Gasteiger partial charge in [-0.3, -0.25) is 0 Å². The second-order valence-corrected chi connectivity index (χ2v) is 7.77. The molecule has 1 aliphatic carbocycles. The zero-order chi connectivity index (χ0) is 25.8. The van der Waals surface area contributed by atoms with Gasteiger partial charge in [0.2, 0.25) is 0 Å². The van der Waals surface area contributed by atoms with E-state index in [9.17, 15) is 35.9 Å². The summed E-state index contributed by atoms with van der Waals surface area (Å²) >= 11 is 0. The highest BCUT2D eigenvalue weighted by Gasteiger charge is 2.37. The maximum Gasteiger partial charge on any atom is 0.416 e. The quantitative estimate of drug-likeness (QED) is 0.290. The van der Waals surface area contributed by atoms with Crippen LogP contribution in [0.2, 0.25) is 0 Å². The van der Waals surface area contributed by atoms with Crippen LogP contribution >= 0.6 is 0 Å². The van der Waals surface area contributed by atoms with E-state index in [1.54, 1.807) is 25.1 Å². The first-order valence-corrected chi connectivity index (χ1v) is 10.6. The summed E-state index contributed by atoms with van der Waals surface area (Å²) in [5.74, 6) is -0.474. The molecular formula is C24H21F6NO4. The first-order valence-electron chi connectivity index (χ1n) is 10.6. The summed E-state index contributed by atoms with van der Waals surface area (Å²) < 4.78 is 87.6. The first kappa shape index (κ1) is 26.1. The number of rotatable bonds is 6. The average molecular weight is 501 g/mol. The number of benzene rings is 2. The van der Waals surface area contributed by atoms with E-state index in [1.807, 2.05) is 6.07 Å². The van der Waals surface area contributed by atoms with Gasteiger partial charge in [0.15, 0.2) is 0 Å². The van der Waals surface area contributed by atoms with Crippen LogP contribution in [-0.4, -0.2) is 18.7 Å². The number of alkyl carbamates (subject to hydrolysis) is 1. The van der Waals surface area contributed by atoms with Gasteiger partial charge in [-0.25, -0.2) is 9.59 Å². The van der Waals surface area contributed by atoms with Gasteiger partial charge in [0.05, 0.1) is 23.8 Å². The number of alkyl halides is 6. The highest BCUT2D eigenvalue weighted by Crippen LogP contribution is 2.36. The number of hydrogen-bond acceptors (Lipinski definition) is 4. The van der Waals surface area contributed by atoms with Crippen molar-refractivity contribution in [2.24, 2.45) is 0 Å². The van der Waals surface area contributed by atoms with Crippen molar-refractivity contribution in [3.05, 3.63) is 75.9 Å². The lowest BCUT2D eigenvalue weighted by atomic mass is 10.0. The standard InChI is InChI=1S/C24H21F6NO4/c1-2-34-21(32)8-4-14-3-6-19-16(9-14)5-7-20(19)31-22(33)35-13-15-10-17(23(25,26)27)12-18(11-15)24(28,29)30/h3-4,6,8-12,20H,2,5,7,13H2,1H3,(H,31,33)/b8-4+. The van der Waals surface area contributed by atoms with Crippen molar-refractivity contribution in [1.82, 2.24) is 5.32 Å². The lowest BCUT2D eigenvalue weighted by Gasteiger charge is -2.16. The minimum absolute atomic E-state index is 0.00914. The number of esters is 1. The number of amides is 1. The maximum atomic E-state index is 13.0. The van der Waals surface area contributed by atoms with Crippen LogP contribution in [0.25, 0.3) is 6.08 Å². The molecule has 3 rings (SSSR count). The Kier molecular flexibility index (Phi) is 7.76. The van der Waals surface area contributed by atoms with Crippen LogP contribution in [0.15, 0.2) is 42.5 Å². The molecule has 2 aromatic rings. The summed E-state index contributed by atoms with van der Waals surface area (Å²) in [4.78, 5) is 23.7. The molecule has 0 fully saturated rings. The summed E-state index contributed by atoms with van der Waals surface area (Å²) in [7, 11) is 0. The molecule has 1 N–H and O–H groups in total. The van der Waals surface area contributed by atoms with Crippen molar-refractivity contribution in [2.45, 2.75) is 44.8 Å². The molecule has 0 aromatic heterocycles. The molecular weight excluding hydrogens is 480 g/mol. The van der Waals surface area contributed by atoms with Crippen LogP contribution in [0, 0.1) is 0 Å². The maximum absolute atomic E-state index is 13.0. The fourth-order valence-corrected chi connectivity index (χ4v) is 3.68. The molecule has 2 aromatic carbocycles. The number of ether oxygens (including phenoxy) is 2. The molecule has 1 aliphatic rings. The fraction of sp³-hybridized carbons (Fsp3) is 0.333. The Morgan fingerprint density at radius 3 is 2.26 bits per heavy atom. The molecule has 1 amide bonds. The van der Waals surface area contributed by atoms with Gasteiger partial charge in [0.1, 0.15) is 6.61 Å². The summed E-state index contributed by atoms with van der Waals surface area (Å²) in [5, 5.41) is 2.58. The zero-order valence-corrected chi connectivity index (χ0v) is 18.4. The lowest BCUT2D eigenvalue weighted by molar-refractivity contribution is -0.143. The van der Waals surface area contributed by atoms with Gasteiger partial charge in [0, 0.05) is 6.08 Å². The Morgan fingerprint density at radius 2 is 1.66 bits per heavy atom. The Balaban J connectivity index is 1.64. The Morgan fingerprint density at radius 1 is 1.00 bits per heavy atom. The minimum Gasteiger partial charge on any atom is -0.463 e. The number of hydrogen-bond donors (Lipinski definition) is 1. The highest BCUT2D eigenvalue weighted by molar-refractivity contribution is 5.87. The third-order valence-corrected chi connectivity index (χ3v) is 5.25. The highest BCUT2D eigenvalue weighted by atomic mass is 19.4. The third-order valence-electron chi connectivity index (χ3n) is 5.25. The van der Waals surface area contributed by atoms with E-state index < -0.39 is 53.8 Å². The van der Waals surface area contributed by atoms with E-state index >= 15 is 0 Å². The van der Waals surface area contributed by atoms with Crippen molar-refractivity contribution < 1.29 is 45.4 Å². The van der Waals surface area contributed by atoms with Crippen molar-refractivity contribution >= 4 is 18.1 Å². The van der Waals surface area contributed by atoms with E-state index in [0.29, 0.717) is 25.0 Å². The molecule has 0 bridgehead atoms. The van der Waals surface area contributed by atoms with Crippen LogP contribution < -0.4 is 5.32 Å². The average Bonchev–Trinajstić information content (AvgIpc) is 3.17. The largest absolute Gasteiger partial charge is 0.463 e. The molecule has 188 valence electrons. The number of nitrogens with one attached hydrogen (secondary N) is 1. The summed E-state index contributed by atoms with van der Waals surface area (Å²) in [6, 6.07) is 5.95. The van der Waals surface area contributed by atoms with Crippen molar-refractivity contribution in [3.63, 3.8) is 0 Å². The summed E-state index contributed by atoms with van der Waals surface area (Å²) in [6.45, 7) is 1.18. The number of carbonyl (C=O) groups is 2. The van der Waals surface area contributed by atoms with Gasteiger partial charge in [-0.15, -0.1) is 0 Å². The Labute approximate surface area is 196 Å². The second kappa shape index (κ2) is 10.4. The van der Waals surface area contributed by atoms with Crippen LogP contribution in [0.5, 0.6) is 0 Å². The number of fused-ring (bicyclic) bond motifs is 1. The van der Waals surface area contributed by atoms with E-state index in [0.717, 1.165) is 16.7 Å². The van der Waals surface area contributed by atoms with Gasteiger partial charge in [-0.2, -0.15) is 26.3 Å². The monoisotopic (exact) mass is 501 g/mol. The number of aryl methyl sites for hydroxylation is 1. The van der Waals surface area contributed by atoms with E-state index in [-0.39, 0.29) is 12.7 Å². The topological polar surface area (TPSA) is 64.6 Å². The molecule has 0 aliphatic heterocycles. The van der Waals surface area contributed by atoms with E-state index in [4.69, 9.17) is 9.47 Å². The van der Waals surface area contributed by atoms with Crippen LogP contribution in [0.3, 0.4) is 0 Å². The van der Waals surface area contributed by atoms with Crippen molar-refractivity contribution in [2.75, 3.05) is 6.61 Å². The zero-order valence-electron chi connectivity index (χ0n) is 18.4. The molecule has 1 unspecified atom stereocenters. The molecule has 35 heavy (non-hydrogen) atoms. The molecule has 1 atom stereocenters. The number of carbonyl (C=O) groups excluding carboxylic acids is 2. The molecule has 0 heterocycles. The van der Waals surface area contributed by atoms with Crippen molar-refractivity contribution in [1.29, 1.82) is 0 Å². The van der Waals surface area contributed by atoms with Gasteiger partial charge in [0.25, 0.3) is 0 Å². The third kappa shape index (κ3) is 7.00. The Bertz CT molecular complexity index is 1090. The normalized spacial score (nSPS) is 15.7. The molecule has 0 saturated heterocycles. The van der Waals surface area contributed by atoms with Gasteiger partial charge in [-0.05, 0) is 66.3 Å². The molecule has 5 nitrogen and oxygen atoms in total. The summed E-state index contributed by atoms with van der Waals surface area (Å²) in [6.07, 6.45) is -6.92. The van der Waals surface area contributed by atoms with E-state index in [1.165, 1.54) is 6.08 Å². The molecule has 0 spiro atoms. The molecule has 0 radical (unpaired) electrons. The smallest absolute Gasteiger partial charge is 0.416 e. The fourth-order valence-electron chi connectivity index (χ4n) is 3.68. The Hall–Kier alpha value is -3.50. The second-order valence-electron chi connectivity index (χ2n) is 7.77. The molecule has 0 saturated carbocycles. The summed E-state index contributed by atoms with van der Waals surface area (Å²) in [5.41, 5.74) is -0.924.